The Morgan fingerprint density at radius 2 is 2.08 bits per heavy atom. The summed E-state index contributed by atoms with van der Waals surface area (Å²) in [6.45, 7) is 3.22. The Morgan fingerprint density at radius 3 is 2.77 bits per heavy atom. The van der Waals surface area contributed by atoms with Crippen LogP contribution >= 0.6 is 0 Å². The topological polar surface area (TPSA) is 84.2 Å². The Morgan fingerprint density at radius 1 is 1.23 bits per heavy atom. The summed E-state index contributed by atoms with van der Waals surface area (Å²) in [5.41, 5.74) is 2.90. The van der Waals surface area contributed by atoms with Gasteiger partial charge in [-0.05, 0) is 43.2 Å². The van der Waals surface area contributed by atoms with E-state index in [0.717, 1.165) is 35.6 Å². The van der Waals surface area contributed by atoms with Crippen LogP contribution < -0.4 is 10.2 Å². The maximum absolute atomic E-state index is 11.8. The molecule has 0 aliphatic carbocycles. The standard InChI is InChI=1S/C19H19N5O2/c1-13-22-19(26-23-13)15-8-9-20-17(11-15)21-12-14-4-6-16(7-5-14)24-10-2-3-18(24)25/h4-9,11H,2-3,10,12H2,1H3,(H,20,21). The molecule has 1 amide bonds. The van der Waals surface area contributed by atoms with Crippen LogP contribution in [-0.4, -0.2) is 27.6 Å². The van der Waals surface area contributed by atoms with Gasteiger partial charge in [-0.1, -0.05) is 17.3 Å². The number of hydrogen-bond acceptors (Lipinski definition) is 6. The highest BCUT2D eigenvalue weighted by atomic mass is 16.5. The van der Waals surface area contributed by atoms with E-state index < -0.39 is 0 Å². The SMILES string of the molecule is Cc1noc(-c2ccnc(NCc3ccc(N4CCCC4=O)cc3)c2)n1. The molecule has 0 spiro atoms. The zero-order chi connectivity index (χ0) is 17.9. The largest absolute Gasteiger partial charge is 0.366 e. The molecule has 0 unspecified atom stereocenters. The quantitative estimate of drug-likeness (QED) is 0.761. The Bertz CT molecular complexity index is 920. The number of hydrogen-bond donors (Lipinski definition) is 1. The first-order valence-corrected chi connectivity index (χ1v) is 8.59. The molecule has 1 saturated heterocycles. The summed E-state index contributed by atoms with van der Waals surface area (Å²) in [5, 5.41) is 7.10. The van der Waals surface area contributed by atoms with Crippen LogP contribution in [0.5, 0.6) is 0 Å². The summed E-state index contributed by atoms with van der Waals surface area (Å²) in [5.74, 6) is 2.01. The van der Waals surface area contributed by atoms with Gasteiger partial charge >= 0.3 is 0 Å². The molecule has 0 radical (unpaired) electrons. The Labute approximate surface area is 151 Å². The van der Waals surface area contributed by atoms with E-state index in [2.05, 4.69) is 20.4 Å². The van der Waals surface area contributed by atoms with Gasteiger partial charge in [0.1, 0.15) is 5.82 Å². The molecule has 1 aliphatic rings. The lowest BCUT2D eigenvalue weighted by atomic mass is 10.2. The summed E-state index contributed by atoms with van der Waals surface area (Å²) in [6.07, 6.45) is 3.29. The number of benzene rings is 1. The second-order valence-electron chi connectivity index (χ2n) is 6.25. The van der Waals surface area contributed by atoms with Gasteiger partial charge in [0.05, 0.1) is 0 Å². The Balaban J connectivity index is 1.42. The van der Waals surface area contributed by atoms with Crippen LogP contribution in [0.2, 0.25) is 0 Å². The zero-order valence-corrected chi connectivity index (χ0v) is 14.5. The van der Waals surface area contributed by atoms with Crippen molar-refractivity contribution < 1.29 is 9.32 Å². The van der Waals surface area contributed by atoms with Gasteiger partial charge in [0, 0.05) is 37.0 Å². The first-order valence-electron chi connectivity index (χ1n) is 8.59. The maximum atomic E-state index is 11.8. The molecular weight excluding hydrogens is 330 g/mol. The summed E-state index contributed by atoms with van der Waals surface area (Å²) >= 11 is 0. The van der Waals surface area contributed by atoms with E-state index in [0.29, 0.717) is 24.7 Å². The third kappa shape index (κ3) is 3.42. The number of pyridine rings is 1. The molecule has 1 aliphatic heterocycles. The number of nitrogens with one attached hydrogen (secondary N) is 1. The van der Waals surface area contributed by atoms with Crippen molar-refractivity contribution in [2.75, 3.05) is 16.8 Å². The van der Waals surface area contributed by atoms with Gasteiger partial charge < -0.3 is 14.7 Å². The highest BCUT2D eigenvalue weighted by Gasteiger charge is 2.21. The van der Waals surface area contributed by atoms with Crippen molar-refractivity contribution >= 4 is 17.4 Å². The molecule has 1 aromatic carbocycles. The third-order valence-corrected chi connectivity index (χ3v) is 4.33. The molecule has 1 fully saturated rings. The van der Waals surface area contributed by atoms with Crippen molar-refractivity contribution in [3.63, 3.8) is 0 Å². The molecule has 2 aromatic heterocycles. The van der Waals surface area contributed by atoms with E-state index in [9.17, 15) is 4.79 Å². The van der Waals surface area contributed by atoms with E-state index in [1.54, 1.807) is 13.1 Å². The van der Waals surface area contributed by atoms with Crippen molar-refractivity contribution in [1.82, 2.24) is 15.1 Å². The summed E-state index contributed by atoms with van der Waals surface area (Å²) in [4.78, 5) is 22.2. The van der Waals surface area contributed by atoms with E-state index in [1.165, 1.54) is 0 Å². The molecule has 132 valence electrons. The fraction of sp³-hybridized carbons (Fsp3) is 0.263. The number of aromatic nitrogens is 3. The molecule has 3 heterocycles. The number of carbonyl (C=O) groups is 1. The van der Waals surface area contributed by atoms with Crippen molar-refractivity contribution in [3.05, 3.63) is 54.0 Å². The lowest BCUT2D eigenvalue weighted by Gasteiger charge is -2.16. The van der Waals surface area contributed by atoms with Crippen LogP contribution in [0.25, 0.3) is 11.5 Å². The fourth-order valence-electron chi connectivity index (χ4n) is 2.98. The minimum atomic E-state index is 0.202. The van der Waals surface area contributed by atoms with Crippen LogP contribution in [0.3, 0.4) is 0 Å². The van der Waals surface area contributed by atoms with E-state index in [4.69, 9.17) is 4.52 Å². The van der Waals surface area contributed by atoms with Crippen molar-refractivity contribution in [1.29, 1.82) is 0 Å². The van der Waals surface area contributed by atoms with Gasteiger partial charge in [-0.3, -0.25) is 4.79 Å². The number of aryl methyl sites for hydroxylation is 1. The third-order valence-electron chi connectivity index (χ3n) is 4.33. The molecule has 1 N–H and O–H groups in total. The smallest absolute Gasteiger partial charge is 0.258 e. The van der Waals surface area contributed by atoms with Gasteiger partial charge in [-0.15, -0.1) is 0 Å². The molecule has 7 heteroatoms. The summed E-state index contributed by atoms with van der Waals surface area (Å²) in [7, 11) is 0. The van der Waals surface area contributed by atoms with Crippen LogP contribution in [0.1, 0.15) is 24.2 Å². The number of carbonyl (C=O) groups excluding carboxylic acids is 1. The molecule has 3 aromatic rings. The normalized spacial score (nSPS) is 14.0. The number of nitrogens with zero attached hydrogens (tertiary/aromatic N) is 4. The van der Waals surface area contributed by atoms with Gasteiger partial charge in [0.15, 0.2) is 5.82 Å². The summed E-state index contributed by atoms with van der Waals surface area (Å²) in [6, 6.07) is 11.7. The van der Waals surface area contributed by atoms with Gasteiger partial charge in [0.2, 0.25) is 5.91 Å². The second kappa shape index (κ2) is 6.95. The lowest BCUT2D eigenvalue weighted by Crippen LogP contribution is -2.23. The van der Waals surface area contributed by atoms with Crippen molar-refractivity contribution in [2.45, 2.75) is 26.3 Å². The molecule has 0 bridgehead atoms. The van der Waals surface area contributed by atoms with Crippen molar-refractivity contribution in [2.24, 2.45) is 0 Å². The first-order chi connectivity index (χ1) is 12.7. The van der Waals surface area contributed by atoms with E-state index in [1.807, 2.05) is 41.3 Å². The minimum absolute atomic E-state index is 0.202. The zero-order valence-electron chi connectivity index (χ0n) is 14.5. The number of rotatable bonds is 5. The predicted molar refractivity (Wildman–Crippen MR) is 97.6 cm³/mol. The molecule has 0 saturated carbocycles. The number of amides is 1. The molecule has 0 atom stereocenters. The fourth-order valence-corrected chi connectivity index (χ4v) is 2.98. The highest BCUT2D eigenvalue weighted by Crippen LogP contribution is 2.22. The Hall–Kier alpha value is -3.22. The first kappa shape index (κ1) is 16.3. The summed E-state index contributed by atoms with van der Waals surface area (Å²) < 4.78 is 5.19. The minimum Gasteiger partial charge on any atom is -0.366 e. The van der Waals surface area contributed by atoms with Gasteiger partial charge in [-0.2, -0.15) is 4.98 Å². The second-order valence-corrected chi connectivity index (χ2v) is 6.25. The van der Waals surface area contributed by atoms with Crippen LogP contribution in [-0.2, 0) is 11.3 Å². The van der Waals surface area contributed by atoms with E-state index >= 15 is 0 Å². The number of anilines is 2. The molecule has 4 rings (SSSR count). The van der Waals surface area contributed by atoms with Crippen molar-refractivity contribution in [3.8, 4) is 11.5 Å². The Kier molecular flexibility index (Phi) is 4.35. The van der Waals surface area contributed by atoms with Crippen LogP contribution in [0, 0.1) is 6.92 Å². The predicted octanol–water partition coefficient (Wildman–Crippen LogP) is 3.18. The molecular formula is C19H19N5O2. The highest BCUT2D eigenvalue weighted by molar-refractivity contribution is 5.95. The monoisotopic (exact) mass is 349 g/mol. The van der Waals surface area contributed by atoms with E-state index in [-0.39, 0.29) is 5.91 Å². The van der Waals surface area contributed by atoms with Crippen LogP contribution in [0.15, 0.2) is 47.1 Å². The average Bonchev–Trinajstić information content (AvgIpc) is 3.29. The molecule has 26 heavy (non-hydrogen) atoms. The van der Waals surface area contributed by atoms with Crippen LogP contribution in [0.4, 0.5) is 11.5 Å². The molecule has 7 nitrogen and oxygen atoms in total. The van der Waals surface area contributed by atoms with Gasteiger partial charge in [-0.25, -0.2) is 4.98 Å². The van der Waals surface area contributed by atoms with Gasteiger partial charge in [0.25, 0.3) is 5.89 Å². The lowest BCUT2D eigenvalue weighted by molar-refractivity contribution is -0.117. The average molecular weight is 349 g/mol. The maximum Gasteiger partial charge on any atom is 0.258 e.